The first-order valence-electron chi connectivity index (χ1n) is 5.28. The van der Waals surface area contributed by atoms with E-state index >= 15 is 0 Å². The molecule has 92 valence electrons. The number of rotatable bonds is 3. The van der Waals surface area contributed by atoms with E-state index in [4.69, 9.17) is 5.11 Å². The molecular formula is C13H11FN2O2. The van der Waals surface area contributed by atoms with E-state index in [9.17, 15) is 9.18 Å². The summed E-state index contributed by atoms with van der Waals surface area (Å²) in [4.78, 5) is 14.9. The van der Waals surface area contributed by atoms with E-state index in [0.29, 0.717) is 16.9 Å². The number of benzene rings is 1. The number of carboxylic acids is 1. The smallest absolute Gasteiger partial charge is 0.337 e. The third-order valence-corrected chi connectivity index (χ3v) is 2.51. The van der Waals surface area contributed by atoms with Crippen LogP contribution in [0.2, 0.25) is 0 Å². The minimum Gasteiger partial charge on any atom is -0.478 e. The van der Waals surface area contributed by atoms with Gasteiger partial charge in [-0.05, 0) is 36.8 Å². The van der Waals surface area contributed by atoms with E-state index < -0.39 is 5.97 Å². The van der Waals surface area contributed by atoms with Crippen LogP contribution in [-0.4, -0.2) is 16.1 Å². The molecule has 0 bridgehead atoms. The van der Waals surface area contributed by atoms with E-state index in [1.165, 1.54) is 30.6 Å². The maximum atomic E-state index is 13.0. The summed E-state index contributed by atoms with van der Waals surface area (Å²) in [7, 11) is 0. The number of pyridine rings is 1. The first kappa shape index (κ1) is 12.0. The van der Waals surface area contributed by atoms with Crippen LogP contribution in [0, 0.1) is 12.7 Å². The Balaban J connectivity index is 2.37. The molecule has 2 N–H and O–H groups in total. The molecule has 0 unspecified atom stereocenters. The summed E-state index contributed by atoms with van der Waals surface area (Å²) in [6.45, 7) is 1.74. The molecule has 2 aromatic rings. The highest BCUT2D eigenvalue weighted by Gasteiger charge is 2.10. The standard InChI is InChI=1S/C13H11FN2O2/c1-8-6-9(14)2-3-11(8)16-12-7-15-5-4-10(12)13(17)18/h2-7,16H,1H3,(H,17,18). The summed E-state index contributed by atoms with van der Waals surface area (Å²) in [6.07, 6.45) is 2.83. The Bertz CT molecular complexity index is 599. The Morgan fingerprint density at radius 3 is 2.78 bits per heavy atom. The van der Waals surface area contributed by atoms with Gasteiger partial charge < -0.3 is 10.4 Å². The number of aromatic nitrogens is 1. The highest BCUT2D eigenvalue weighted by atomic mass is 19.1. The molecule has 0 saturated heterocycles. The summed E-state index contributed by atoms with van der Waals surface area (Å²) in [5, 5.41) is 12.0. The van der Waals surface area contributed by atoms with Gasteiger partial charge in [-0.25, -0.2) is 9.18 Å². The second-order valence-electron chi connectivity index (χ2n) is 3.81. The fourth-order valence-corrected chi connectivity index (χ4v) is 1.59. The number of hydrogen-bond acceptors (Lipinski definition) is 3. The number of halogens is 1. The van der Waals surface area contributed by atoms with Crippen LogP contribution in [0.15, 0.2) is 36.7 Å². The number of anilines is 2. The van der Waals surface area contributed by atoms with Crippen LogP contribution in [-0.2, 0) is 0 Å². The van der Waals surface area contributed by atoms with Crippen molar-refractivity contribution in [3.05, 3.63) is 53.6 Å². The van der Waals surface area contributed by atoms with Gasteiger partial charge in [0.15, 0.2) is 0 Å². The fourth-order valence-electron chi connectivity index (χ4n) is 1.59. The Morgan fingerprint density at radius 2 is 2.11 bits per heavy atom. The van der Waals surface area contributed by atoms with Gasteiger partial charge in [0.05, 0.1) is 17.4 Å². The van der Waals surface area contributed by atoms with E-state index in [0.717, 1.165) is 0 Å². The SMILES string of the molecule is Cc1cc(F)ccc1Nc1cnccc1C(=O)O. The normalized spacial score (nSPS) is 10.1. The minimum atomic E-state index is -1.04. The first-order chi connectivity index (χ1) is 8.58. The van der Waals surface area contributed by atoms with Gasteiger partial charge in [-0.3, -0.25) is 4.98 Å². The summed E-state index contributed by atoms with van der Waals surface area (Å²) >= 11 is 0. The second kappa shape index (κ2) is 4.83. The highest BCUT2D eigenvalue weighted by Crippen LogP contribution is 2.23. The molecule has 0 atom stereocenters. The average molecular weight is 246 g/mol. The lowest BCUT2D eigenvalue weighted by Gasteiger charge is -2.11. The topological polar surface area (TPSA) is 62.2 Å². The number of aryl methyl sites for hydroxylation is 1. The average Bonchev–Trinajstić information content (AvgIpc) is 2.33. The van der Waals surface area contributed by atoms with Crippen LogP contribution in [0.1, 0.15) is 15.9 Å². The van der Waals surface area contributed by atoms with Crippen molar-refractivity contribution in [2.24, 2.45) is 0 Å². The summed E-state index contributed by atoms with van der Waals surface area (Å²) in [5.74, 6) is -1.37. The van der Waals surface area contributed by atoms with E-state index in [2.05, 4.69) is 10.3 Å². The lowest BCUT2D eigenvalue weighted by Crippen LogP contribution is -2.04. The molecule has 1 aromatic carbocycles. The summed E-state index contributed by atoms with van der Waals surface area (Å²) in [6, 6.07) is 5.65. The van der Waals surface area contributed by atoms with Gasteiger partial charge in [0.2, 0.25) is 0 Å². The Labute approximate surface area is 103 Å². The quantitative estimate of drug-likeness (QED) is 0.874. The van der Waals surface area contributed by atoms with Crippen molar-refractivity contribution in [1.29, 1.82) is 0 Å². The molecule has 0 saturated carbocycles. The predicted octanol–water partition coefficient (Wildman–Crippen LogP) is 2.97. The monoisotopic (exact) mass is 246 g/mol. The van der Waals surface area contributed by atoms with Gasteiger partial charge in [0.1, 0.15) is 5.82 Å². The van der Waals surface area contributed by atoms with Gasteiger partial charge in [-0.2, -0.15) is 0 Å². The number of hydrogen-bond donors (Lipinski definition) is 2. The number of carboxylic acid groups (broad SMARTS) is 1. The highest BCUT2D eigenvalue weighted by molar-refractivity contribution is 5.94. The van der Waals surface area contributed by atoms with Gasteiger partial charge in [-0.1, -0.05) is 0 Å². The van der Waals surface area contributed by atoms with Crippen molar-refractivity contribution in [3.8, 4) is 0 Å². The van der Waals surface area contributed by atoms with Crippen molar-refractivity contribution in [3.63, 3.8) is 0 Å². The lowest BCUT2D eigenvalue weighted by atomic mass is 10.1. The molecule has 0 amide bonds. The summed E-state index contributed by atoms with van der Waals surface area (Å²) < 4.78 is 13.0. The Kier molecular flexibility index (Phi) is 3.23. The third-order valence-electron chi connectivity index (χ3n) is 2.51. The molecule has 0 aliphatic heterocycles. The Hall–Kier alpha value is -2.43. The van der Waals surface area contributed by atoms with E-state index in [-0.39, 0.29) is 11.4 Å². The molecule has 1 aromatic heterocycles. The van der Waals surface area contributed by atoms with Crippen LogP contribution in [0.5, 0.6) is 0 Å². The predicted molar refractivity (Wildman–Crippen MR) is 65.6 cm³/mol. The molecule has 0 spiro atoms. The molecular weight excluding hydrogens is 235 g/mol. The van der Waals surface area contributed by atoms with Crippen molar-refractivity contribution < 1.29 is 14.3 Å². The van der Waals surface area contributed by atoms with Gasteiger partial charge in [0, 0.05) is 11.9 Å². The third kappa shape index (κ3) is 2.45. The van der Waals surface area contributed by atoms with Crippen molar-refractivity contribution >= 4 is 17.3 Å². The molecule has 1 heterocycles. The van der Waals surface area contributed by atoms with Gasteiger partial charge >= 0.3 is 5.97 Å². The molecule has 0 aliphatic carbocycles. The number of nitrogens with zero attached hydrogens (tertiary/aromatic N) is 1. The van der Waals surface area contributed by atoms with Gasteiger partial charge in [0.25, 0.3) is 0 Å². The second-order valence-corrected chi connectivity index (χ2v) is 3.81. The zero-order valence-corrected chi connectivity index (χ0v) is 9.64. The van der Waals surface area contributed by atoms with Crippen molar-refractivity contribution in [1.82, 2.24) is 4.98 Å². The first-order valence-corrected chi connectivity index (χ1v) is 5.28. The van der Waals surface area contributed by atoms with Crippen LogP contribution < -0.4 is 5.32 Å². The zero-order chi connectivity index (χ0) is 13.1. The number of carbonyl (C=O) groups is 1. The Morgan fingerprint density at radius 1 is 1.33 bits per heavy atom. The van der Waals surface area contributed by atoms with Crippen LogP contribution >= 0.6 is 0 Å². The molecule has 18 heavy (non-hydrogen) atoms. The molecule has 0 fully saturated rings. The van der Waals surface area contributed by atoms with Crippen molar-refractivity contribution in [2.75, 3.05) is 5.32 Å². The van der Waals surface area contributed by atoms with Crippen LogP contribution in [0.3, 0.4) is 0 Å². The fraction of sp³-hybridized carbons (Fsp3) is 0.0769. The maximum absolute atomic E-state index is 13.0. The largest absolute Gasteiger partial charge is 0.478 e. The maximum Gasteiger partial charge on any atom is 0.337 e. The van der Waals surface area contributed by atoms with Crippen molar-refractivity contribution in [2.45, 2.75) is 6.92 Å². The van der Waals surface area contributed by atoms with E-state index in [1.54, 1.807) is 13.0 Å². The minimum absolute atomic E-state index is 0.119. The molecule has 2 rings (SSSR count). The van der Waals surface area contributed by atoms with Crippen LogP contribution in [0.4, 0.5) is 15.8 Å². The lowest BCUT2D eigenvalue weighted by molar-refractivity contribution is 0.0698. The van der Waals surface area contributed by atoms with Crippen LogP contribution in [0.25, 0.3) is 0 Å². The zero-order valence-electron chi connectivity index (χ0n) is 9.64. The number of aromatic carboxylic acids is 1. The molecule has 5 heteroatoms. The number of nitrogens with one attached hydrogen (secondary N) is 1. The molecule has 0 aliphatic rings. The summed E-state index contributed by atoms with van der Waals surface area (Å²) in [5.41, 5.74) is 1.83. The molecule has 0 radical (unpaired) electrons. The van der Waals surface area contributed by atoms with Gasteiger partial charge in [-0.15, -0.1) is 0 Å². The van der Waals surface area contributed by atoms with E-state index in [1.807, 2.05) is 0 Å². The molecule has 4 nitrogen and oxygen atoms in total.